The molecule has 5 heteroatoms. The number of ether oxygens (including phenoxy) is 1. The van der Waals surface area contributed by atoms with E-state index in [9.17, 15) is 9.59 Å². The van der Waals surface area contributed by atoms with E-state index in [4.69, 9.17) is 4.74 Å². The molecule has 3 rings (SSSR count). The van der Waals surface area contributed by atoms with Crippen molar-refractivity contribution in [3.8, 4) is 5.75 Å². The number of hydrogen-bond acceptors (Lipinski definition) is 3. The van der Waals surface area contributed by atoms with Gasteiger partial charge in [-0.25, -0.2) is 0 Å². The normalized spacial score (nSPS) is 14.4. The summed E-state index contributed by atoms with van der Waals surface area (Å²) in [5.41, 5.74) is 2.74. The highest BCUT2D eigenvalue weighted by Crippen LogP contribution is 2.14. The molecule has 1 heterocycles. The molecular weight excluding hydrogens is 340 g/mol. The van der Waals surface area contributed by atoms with Gasteiger partial charge in [0.15, 0.2) is 0 Å². The van der Waals surface area contributed by atoms with E-state index in [0.29, 0.717) is 31.7 Å². The van der Waals surface area contributed by atoms with E-state index < -0.39 is 0 Å². The Morgan fingerprint density at radius 1 is 0.963 bits per heavy atom. The van der Waals surface area contributed by atoms with Crippen molar-refractivity contribution in [2.45, 2.75) is 6.92 Å². The molecule has 0 aromatic heterocycles. The van der Waals surface area contributed by atoms with Crippen molar-refractivity contribution in [3.63, 3.8) is 0 Å². The number of benzene rings is 2. The number of rotatable bonds is 4. The fourth-order valence-corrected chi connectivity index (χ4v) is 3.03. The van der Waals surface area contributed by atoms with E-state index in [2.05, 4.69) is 0 Å². The highest BCUT2D eigenvalue weighted by molar-refractivity contribution is 5.95. The summed E-state index contributed by atoms with van der Waals surface area (Å²) in [5, 5.41) is 0. The van der Waals surface area contributed by atoms with Crippen LogP contribution in [-0.2, 0) is 4.79 Å². The monoisotopic (exact) mass is 364 g/mol. The Labute approximate surface area is 159 Å². The van der Waals surface area contributed by atoms with Gasteiger partial charge in [-0.15, -0.1) is 0 Å². The number of aryl methyl sites for hydroxylation is 1. The van der Waals surface area contributed by atoms with Crippen molar-refractivity contribution < 1.29 is 14.3 Å². The van der Waals surface area contributed by atoms with Crippen LogP contribution in [0.4, 0.5) is 0 Å². The van der Waals surface area contributed by atoms with Crippen molar-refractivity contribution in [1.29, 1.82) is 0 Å². The molecule has 140 valence electrons. The molecule has 0 spiro atoms. The Morgan fingerprint density at radius 2 is 1.63 bits per heavy atom. The first-order chi connectivity index (χ1) is 13.1. The van der Waals surface area contributed by atoms with Crippen molar-refractivity contribution in [2.24, 2.45) is 0 Å². The predicted molar refractivity (Wildman–Crippen MR) is 106 cm³/mol. The van der Waals surface area contributed by atoms with E-state index in [1.165, 1.54) is 0 Å². The van der Waals surface area contributed by atoms with E-state index in [-0.39, 0.29) is 11.8 Å². The van der Waals surface area contributed by atoms with E-state index in [1.807, 2.05) is 55.5 Å². The zero-order valence-electron chi connectivity index (χ0n) is 15.7. The average Bonchev–Trinajstić information content (AvgIpc) is 2.72. The fraction of sp³-hybridized carbons (Fsp3) is 0.273. The van der Waals surface area contributed by atoms with Crippen LogP contribution in [0.15, 0.2) is 54.6 Å². The molecule has 2 aromatic carbocycles. The summed E-state index contributed by atoms with van der Waals surface area (Å²) in [7, 11) is 1.62. The number of nitrogens with zero attached hydrogens (tertiary/aromatic N) is 2. The summed E-state index contributed by atoms with van der Waals surface area (Å²) >= 11 is 0. The zero-order valence-corrected chi connectivity index (χ0v) is 15.7. The number of piperazine rings is 1. The molecule has 0 unspecified atom stereocenters. The molecule has 0 aliphatic carbocycles. The van der Waals surface area contributed by atoms with Crippen molar-refractivity contribution in [3.05, 3.63) is 71.3 Å². The molecule has 0 N–H and O–H groups in total. The van der Waals surface area contributed by atoms with Crippen LogP contribution >= 0.6 is 0 Å². The molecule has 0 saturated carbocycles. The SMILES string of the molecule is COc1cccc(/C=C/C(=O)N2CCN(C(=O)c3ccc(C)cc3)CC2)c1. The number of hydrogen-bond donors (Lipinski definition) is 0. The summed E-state index contributed by atoms with van der Waals surface area (Å²) in [4.78, 5) is 28.5. The van der Waals surface area contributed by atoms with Crippen LogP contribution in [-0.4, -0.2) is 54.9 Å². The standard InChI is InChI=1S/C22H24N2O3/c1-17-6-9-19(10-7-17)22(26)24-14-12-23(13-15-24)21(25)11-8-18-4-3-5-20(16-18)27-2/h3-11,16H,12-15H2,1-2H3/b11-8+. The van der Waals surface area contributed by atoms with Crippen LogP contribution in [0, 0.1) is 6.92 Å². The molecule has 5 nitrogen and oxygen atoms in total. The Bertz CT molecular complexity index is 835. The van der Waals surface area contributed by atoms with Gasteiger partial charge in [-0.1, -0.05) is 29.8 Å². The second kappa shape index (κ2) is 8.54. The van der Waals surface area contributed by atoms with Gasteiger partial charge in [0.2, 0.25) is 5.91 Å². The summed E-state index contributed by atoms with van der Waals surface area (Å²) in [6.45, 7) is 4.17. The van der Waals surface area contributed by atoms with E-state index in [1.54, 1.807) is 29.1 Å². The maximum Gasteiger partial charge on any atom is 0.253 e. The van der Waals surface area contributed by atoms with Gasteiger partial charge >= 0.3 is 0 Å². The molecule has 1 aliphatic rings. The Hall–Kier alpha value is -3.08. The molecule has 2 aromatic rings. The maximum absolute atomic E-state index is 12.6. The third-order valence-electron chi connectivity index (χ3n) is 4.69. The van der Waals surface area contributed by atoms with Crippen molar-refractivity contribution in [1.82, 2.24) is 9.80 Å². The van der Waals surface area contributed by atoms with Gasteiger partial charge in [-0.2, -0.15) is 0 Å². The number of methoxy groups -OCH3 is 1. The number of amides is 2. The van der Waals surface area contributed by atoms with Gasteiger partial charge in [0, 0.05) is 37.8 Å². The number of carbonyl (C=O) groups excluding carboxylic acids is 2. The summed E-state index contributed by atoms with van der Waals surface area (Å²) in [6, 6.07) is 15.1. The lowest BCUT2D eigenvalue weighted by Crippen LogP contribution is -2.50. The summed E-state index contributed by atoms with van der Waals surface area (Å²) in [5.74, 6) is 0.738. The molecule has 2 amide bonds. The second-order valence-corrected chi connectivity index (χ2v) is 6.59. The lowest BCUT2D eigenvalue weighted by atomic mass is 10.1. The fourth-order valence-electron chi connectivity index (χ4n) is 3.03. The summed E-state index contributed by atoms with van der Waals surface area (Å²) < 4.78 is 5.19. The lowest BCUT2D eigenvalue weighted by molar-refractivity contribution is -0.127. The van der Waals surface area contributed by atoms with E-state index >= 15 is 0 Å². The Kier molecular flexibility index (Phi) is 5.91. The van der Waals surface area contributed by atoms with Gasteiger partial charge in [-0.05, 0) is 42.8 Å². The maximum atomic E-state index is 12.6. The van der Waals surface area contributed by atoms with Crippen LogP contribution in [0.2, 0.25) is 0 Å². The molecular formula is C22H24N2O3. The van der Waals surface area contributed by atoms with Crippen molar-refractivity contribution in [2.75, 3.05) is 33.3 Å². The van der Waals surface area contributed by atoms with Crippen LogP contribution in [0.1, 0.15) is 21.5 Å². The average molecular weight is 364 g/mol. The minimum absolute atomic E-state index is 0.0222. The first-order valence-electron chi connectivity index (χ1n) is 9.04. The van der Waals surface area contributed by atoms with Crippen LogP contribution < -0.4 is 4.74 Å². The second-order valence-electron chi connectivity index (χ2n) is 6.59. The van der Waals surface area contributed by atoms with Gasteiger partial charge in [0.05, 0.1) is 7.11 Å². The molecule has 1 saturated heterocycles. The predicted octanol–water partition coefficient (Wildman–Crippen LogP) is 3.00. The third kappa shape index (κ3) is 4.76. The van der Waals surface area contributed by atoms with Gasteiger partial charge in [0.1, 0.15) is 5.75 Å². The highest BCUT2D eigenvalue weighted by atomic mass is 16.5. The van der Waals surface area contributed by atoms with E-state index in [0.717, 1.165) is 16.9 Å². The smallest absolute Gasteiger partial charge is 0.253 e. The Morgan fingerprint density at radius 3 is 2.30 bits per heavy atom. The molecule has 0 bridgehead atoms. The quantitative estimate of drug-likeness (QED) is 0.784. The zero-order chi connectivity index (χ0) is 19.2. The van der Waals surface area contributed by atoms with Crippen LogP contribution in [0.5, 0.6) is 5.75 Å². The van der Waals surface area contributed by atoms with Crippen LogP contribution in [0.25, 0.3) is 6.08 Å². The largest absolute Gasteiger partial charge is 0.497 e. The minimum Gasteiger partial charge on any atom is -0.497 e. The third-order valence-corrected chi connectivity index (χ3v) is 4.69. The van der Waals surface area contributed by atoms with Gasteiger partial charge < -0.3 is 14.5 Å². The first kappa shape index (κ1) is 18.7. The molecule has 0 atom stereocenters. The summed E-state index contributed by atoms with van der Waals surface area (Å²) in [6.07, 6.45) is 3.36. The molecule has 0 radical (unpaired) electrons. The minimum atomic E-state index is -0.0414. The first-order valence-corrected chi connectivity index (χ1v) is 9.04. The topological polar surface area (TPSA) is 49.9 Å². The molecule has 1 fully saturated rings. The van der Waals surface area contributed by atoms with Crippen molar-refractivity contribution >= 4 is 17.9 Å². The molecule has 27 heavy (non-hydrogen) atoms. The van der Waals surface area contributed by atoms with Gasteiger partial charge in [0.25, 0.3) is 5.91 Å². The molecule has 1 aliphatic heterocycles. The highest BCUT2D eigenvalue weighted by Gasteiger charge is 2.23. The lowest BCUT2D eigenvalue weighted by Gasteiger charge is -2.34. The number of carbonyl (C=O) groups is 2. The Balaban J connectivity index is 1.55. The van der Waals surface area contributed by atoms with Crippen LogP contribution in [0.3, 0.4) is 0 Å². The van der Waals surface area contributed by atoms with Gasteiger partial charge in [-0.3, -0.25) is 9.59 Å².